The van der Waals surface area contributed by atoms with E-state index in [-0.39, 0.29) is 0 Å². The van der Waals surface area contributed by atoms with E-state index in [2.05, 4.69) is 20.2 Å². The topological polar surface area (TPSA) is 44.3 Å². The molecule has 1 N–H and O–H groups in total. The van der Waals surface area contributed by atoms with Gasteiger partial charge in [-0.05, 0) is 37.4 Å². The van der Waals surface area contributed by atoms with Crippen LogP contribution in [-0.4, -0.2) is 55.1 Å². The van der Waals surface area contributed by atoms with Crippen molar-refractivity contribution in [3.05, 3.63) is 18.0 Å². The van der Waals surface area contributed by atoms with Crippen molar-refractivity contribution in [2.75, 3.05) is 45.2 Å². The summed E-state index contributed by atoms with van der Waals surface area (Å²) < 4.78 is 0. The van der Waals surface area contributed by atoms with Crippen LogP contribution in [0, 0.1) is 5.41 Å². The molecular formula is C14H23N5. The number of rotatable bonds is 3. The van der Waals surface area contributed by atoms with E-state index >= 15 is 0 Å². The number of aromatic nitrogens is 2. The fourth-order valence-electron chi connectivity index (χ4n) is 3.22. The Bertz CT molecular complexity index is 439. The van der Waals surface area contributed by atoms with Gasteiger partial charge in [-0.2, -0.15) is 0 Å². The first-order valence-corrected chi connectivity index (χ1v) is 7.09. The number of nitrogens with one attached hydrogen (secondary N) is 1. The lowest BCUT2D eigenvalue weighted by Crippen LogP contribution is -2.29. The summed E-state index contributed by atoms with van der Waals surface area (Å²) in [5.41, 5.74) is 1.67. The van der Waals surface area contributed by atoms with Crippen LogP contribution in [0.4, 0.5) is 5.95 Å². The van der Waals surface area contributed by atoms with E-state index in [1.165, 1.54) is 39.0 Å². The average molecular weight is 261 g/mol. The van der Waals surface area contributed by atoms with Gasteiger partial charge in [0.25, 0.3) is 0 Å². The van der Waals surface area contributed by atoms with Crippen molar-refractivity contribution in [3.8, 4) is 0 Å². The molecule has 0 aromatic carbocycles. The molecule has 0 amide bonds. The molecule has 1 aromatic heterocycles. The number of hydrogen-bond donors (Lipinski definition) is 1. The lowest BCUT2D eigenvalue weighted by Gasteiger charge is -2.22. The predicted molar refractivity (Wildman–Crippen MR) is 76.2 cm³/mol. The van der Waals surface area contributed by atoms with Gasteiger partial charge in [0.15, 0.2) is 0 Å². The third-order valence-corrected chi connectivity index (χ3v) is 4.34. The fourth-order valence-corrected chi connectivity index (χ4v) is 3.22. The molecule has 1 unspecified atom stereocenters. The van der Waals surface area contributed by atoms with Crippen molar-refractivity contribution in [3.63, 3.8) is 0 Å². The Kier molecular flexibility index (Phi) is 3.41. The zero-order valence-corrected chi connectivity index (χ0v) is 11.9. The largest absolute Gasteiger partial charge is 0.347 e. The van der Waals surface area contributed by atoms with Crippen LogP contribution in [0.3, 0.4) is 0 Å². The van der Waals surface area contributed by atoms with Crippen LogP contribution < -0.4 is 10.2 Å². The molecule has 0 aliphatic carbocycles. The molecule has 1 spiro atoms. The molecule has 0 bridgehead atoms. The molecule has 1 atom stereocenters. The van der Waals surface area contributed by atoms with Crippen molar-refractivity contribution in [1.29, 1.82) is 0 Å². The van der Waals surface area contributed by atoms with Gasteiger partial charge in [0.05, 0.1) is 5.69 Å². The van der Waals surface area contributed by atoms with Crippen LogP contribution in [0.2, 0.25) is 0 Å². The van der Waals surface area contributed by atoms with Gasteiger partial charge >= 0.3 is 0 Å². The maximum absolute atomic E-state index is 4.61. The smallest absolute Gasteiger partial charge is 0.225 e. The van der Waals surface area contributed by atoms with Gasteiger partial charge in [0.2, 0.25) is 5.95 Å². The SMILES string of the molecule is CN(C)c1nccc(CN2CCC3(CCNC3)C2)n1. The molecule has 3 heterocycles. The number of likely N-dealkylation sites (tertiary alicyclic amines) is 1. The minimum Gasteiger partial charge on any atom is -0.347 e. The third kappa shape index (κ3) is 2.72. The Balaban J connectivity index is 1.64. The quantitative estimate of drug-likeness (QED) is 0.869. The minimum atomic E-state index is 0.539. The van der Waals surface area contributed by atoms with Gasteiger partial charge in [-0.1, -0.05) is 0 Å². The van der Waals surface area contributed by atoms with Gasteiger partial charge in [-0.15, -0.1) is 0 Å². The van der Waals surface area contributed by atoms with Crippen molar-refractivity contribution in [2.24, 2.45) is 5.41 Å². The monoisotopic (exact) mass is 261 g/mol. The second-order valence-corrected chi connectivity index (χ2v) is 6.13. The average Bonchev–Trinajstić information content (AvgIpc) is 3.01. The van der Waals surface area contributed by atoms with E-state index in [1.807, 2.05) is 31.3 Å². The molecule has 104 valence electrons. The minimum absolute atomic E-state index is 0.539. The van der Waals surface area contributed by atoms with E-state index in [1.54, 1.807) is 0 Å². The van der Waals surface area contributed by atoms with E-state index in [0.717, 1.165) is 18.2 Å². The Hall–Kier alpha value is -1.20. The Labute approximate surface area is 115 Å². The standard InChI is InChI=1S/C14H23N5/c1-18(2)13-16-6-3-12(17-13)9-19-8-5-14(11-19)4-7-15-10-14/h3,6,15H,4-5,7-11H2,1-2H3. The Morgan fingerprint density at radius 1 is 1.42 bits per heavy atom. The molecule has 3 rings (SSSR count). The molecule has 2 aliphatic heterocycles. The number of anilines is 1. The zero-order valence-electron chi connectivity index (χ0n) is 11.9. The summed E-state index contributed by atoms with van der Waals surface area (Å²) in [5.74, 6) is 0.800. The van der Waals surface area contributed by atoms with E-state index in [4.69, 9.17) is 0 Å². The summed E-state index contributed by atoms with van der Waals surface area (Å²) in [4.78, 5) is 13.4. The highest BCUT2D eigenvalue weighted by Crippen LogP contribution is 2.36. The van der Waals surface area contributed by atoms with Gasteiger partial charge in [-0.25, -0.2) is 9.97 Å². The molecule has 5 nitrogen and oxygen atoms in total. The zero-order chi connectivity index (χ0) is 13.3. The first-order valence-electron chi connectivity index (χ1n) is 7.09. The van der Waals surface area contributed by atoms with Gasteiger partial charge in [-0.3, -0.25) is 4.90 Å². The summed E-state index contributed by atoms with van der Waals surface area (Å²) in [6.07, 6.45) is 4.52. The first-order chi connectivity index (χ1) is 9.17. The molecule has 2 fully saturated rings. The molecule has 19 heavy (non-hydrogen) atoms. The third-order valence-electron chi connectivity index (χ3n) is 4.34. The van der Waals surface area contributed by atoms with Crippen LogP contribution in [0.25, 0.3) is 0 Å². The summed E-state index contributed by atoms with van der Waals surface area (Å²) in [5, 5.41) is 3.50. The maximum atomic E-state index is 4.61. The lowest BCUT2D eigenvalue weighted by molar-refractivity contribution is 0.266. The van der Waals surface area contributed by atoms with E-state index in [0.29, 0.717) is 5.41 Å². The second-order valence-electron chi connectivity index (χ2n) is 6.13. The molecular weight excluding hydrogens is 238 g/mol. The molecule has 0 saturated carbocycles. The van der Waals surface area contributed by atoms with Crippen molar-refractivity contribution < 1.29 is 0 Å². The molecule has 2 aliphatic rings. The van der Waals surface area contributed by atoms with Crippen molar-refractivity contribution in [2.45, 2.75) is 19.4 Å². The van der Waals surface area contributed by atoms with E-state index < -0.39 is 0 Å². The number of nitrogens with zero attached hydrogens (tertiary/aromatic N) is 4. The summed E-state index contributed by atoms with van der Waals surface area (Å²) >= 11 is 0. The van der Waals surface area contributed by atoms with Crippen molar-refractivity contribution in [1.82, 2.24) is 20.2 Å². The molecule has 0 radical (unpaired) electrons. The van der Waals surface area contributed by atoms with Crippen LogP contribution in [0.15, 0.2) is 12.3 Å². The molecule has 1 aromatic rings. The normalized spacial score (nSPS) is 27.3. The predicted octanol–water partition coefficient (Wildman–Crippen LogP) is 0.728. The van der Waals surface area contributed by atoms with Gasteiger partial charge < -0.3 is 10.2 Å². The van der Waals surface area contributed by atoms with Crippen LogP contribution in [-0.2, 0) is 6.54 Å². The summed E-state index contributed by atoms with van der Waals surface area (Å²) in [7, 11) is 3.96. The molecule has 2 saturated heterocycles. The van der Waals surface area contributed by atoms with Crippen molar-refractivity contribution >= 4 is 5.95 Å². The van der Waals surface area contributed by atoms with Gasteiger partial charge in [0.1, 0.15) is 0 Å². The van der Waals surface area contributed by atoms with Crippen LogP contribution in [0.5, 0.6) is 0 Å². The number of hydrogen-bond acceptors (Lipinski definition) is 5. The molecule has 5 heteroatoms. The fraction of sp³-hybridized carbons (Fsp3) is 0.714. The van der Waals surface area contributed by atoms with E-state index in [9.17, 15) is 0 Å². The maximum Gasteiger partial charge on any atom is 0.225 e. The highest BCUT2D eigenvalue weighted by Gasteiger charge is 2.40. The lowest BCUT2D eigenvalue weighted by atomic mass is 9.87. The van der Waals surface area contributed by atoms with Crippen LogP contribution >= 0.6 is 0 Å². The summed E-state index contributed by atoms with van der Waals surface area (Å²) in [6.45, 7) is 5.73. The first kappa shape index (κ1) is 12.8. The Morgan fingerprint density at radius 2 is 2.32 bits per heavy atom. The van der Waals surface area contributed by atoms with Crippen LogP contribution in [0.1, 0.15) is 18.5 Å². The summed E-state index contributed by atoms with van der Waals surface area (Å²) in [6, 6.07) is 2.03. The second kappa shape index (κ2) is 5.06. The highest BCUT2D eigenvalue weighted by atomic mass is 15.2. The highest BCUT2D eigenvalue weighted by molar-refractivity contribution is 5.27. The van der Waals surface area contributed by atoms with Gasteiger partial charge in [0, 0.05) is 39.9 Å². The Morgan fingerprint density at radius 3 is 3.05 bits per heavy atom.